The molecule has 3 aromatic carbocycles. The van der Waals surface area contributed by atoms with E-state index in [1.165, 1.54) is 20.9 Å². The van der Waals surface area contributed by atoms with Crippen LogP contribution >= 0.6 is 23.2 Å². The first-order valence-electron chi connectivity index (χ1n) is 9.43. The van der Waals surface area contributed by atoms with E-state index in [2.05, 4.69) is 66.7 Å². The van der Waals surface area contributed by atoms with Gasteiger partial charge in [-0.15, -0.1) is 0 Å². The molecule has 1 saturated heterocycles. The number of hydrogen-bond acceptors (Lipinski definition) is 0. The SMILES string of the molecule is Clc1cccc(C2[NH+](Cc3ccccc3)CC[NH+]2Cc2ccccc2)c1Cl. The zero-order valence-corrected chi connectivity index (χ0v) is 16.7. The molecule has 0 spiro atoms. The lowest BCUT2D eigenvalue weighted by molar-refractivity contribution is -1.09. The second kappa shape index (κ2) is 8.45. The molecular formula is C23H24Cl2N2+2. The molecule has 1 aliphatic heterocycles. The Labute approximate surface area is 170 Å². The van der Waals surface area contributed by atoms with Gasteiger partial charge in [0.1, 0.15) is 26.2 Å². The number of halogens is 2. The molecule has 2 atom stereocenters. The molecule has 0 radical (unpaired) electrons. The van der Waals surface area contributed by atoms with Gasteiger partial charge in [-0.1, -0.05) is 89.9 Å². The molecule has 0 aromatic heterocycles. The van der Waals surface area contributed by atoms with Crippen molar-refractivity contribution in [2.24, 2.45) is 0 Å². The summed E-state index contributed by atoms with van der Waals surface area (Å²) in [6.45, 7) is 4.22. The van der Waals surface area contributed by atoms with Crippen LogP contribution in [0, 0.1) is 0 Å². The molecule has 0 bridgehead atoms. The summed E-state index contributed by atoms with van der Waals surface area (Å²) in [6.07, 6.45) is 0.275. The third-order valence-corrected chi connectivity index (χ3v) is 6.26. The smallest absolute Gasteiger partial charge is 0.242 e. The number of rotatable bonds is 5. The van der Waals surface area contributed by atoms with Gasteiger partial charge in [-0.05, 0) is 12.1 Å². The highest BCUT2D eigenvalue weighted by Crippen LogP contribution is 2.28. The van der Waals surface area contributed by atoms with Gasteiger partial charge in [0.2, 0.25) is 6.17 Å². The maximum absolute atomic E-state index is 6.65. The second-order valence-corrected chi connectivity index (χ2v) is 8.00. The van der Waals surface area contributed by atoms with Crippen molar-refractivity contribution in [2.45, 2.75) is 19.3 Å². The van der Waals surface area contributed by atoms with Crippen molar-refractivity contribution < 1.29 is 9.80 Å². The summed E-state index contributed by atoms with van der Waals surface area (Å²) in [6, 6.07) is 27.4. The van der Waals surface area contributed by atoms with Gasteiger partial charge in [0.15, 0.2) is 0 Å². The molecular weight excluding hydrogens is 375 g/mol. The zero-order chi connectivity index (χ0) is 18.6. The number of hydrogen-bond donors (Lipinski definition) is 2. The largest absolute Gasteiger partial charge is 0.273 e. The minimum atomic E-state index is 0.275. The van der Waals surface area contributed by atoms with Gasteiger partial charge in [0.25, 0.3) is 0 Å². The van der Waals surface area contributed by atoms with Crippen LogP contribution in [0.1, 0.15) is 22.9 Å². The molecule has 0 amide bonds. The molecule has 2 unspecified atom stereocenters. The van der Waals surface area contributed by atoms with Crippen LogP contribution in [0.3, 0.4) is 0 Å². The first-order chi connectivity index (χ1) is 13.2. The third kappa shape index (κ3) is 4.20. The summed E-state index contributed by atoms with van der Waals surface area (Å²) in [5.74, 6) is 0. The van der Waals surface area contributed by atoms with Crippen molar-refractivity contribution in [2.75, 3.05) is 13.1 Å². The zero-order valence-electron chi connectivity index (χ0n) is 15.2. The third-order valence-electron chi connectivity index (χ3n) is 5.42. The lowest BCUT2D eigenvalue weighted by Gasteiger charge is -2.25. The summed E-state index contributed by atoms with van der Waals surface area (Å²) in [4.78, 5) is 3.08. The van der Waals surface area contributed by atoms with E-state index in [0.29, 0.717) is 10.0 Å². The number of nitrogens with one attached hydrogen (secondary N) is 2. The minimum absolute atomic E-state index is 0.275. The van der Waals surface area contributed by atoms with Crippen molar-refractivity contribution >= 4 is 23.2 Å². The Kier molecular flexibility index (Phi) is 5.80. The predicted octanol–water partition coefficient (Wildman–Crippen LogP) is 3.18. The summed E-state index contributed by atoms with van der Waals surface area (Å²) >= 11 is 13.0. The maximum atomic E-state index is 6.65. The minimum Gasteiger partial charge on any atom is -0.273 e. The fraction of sp³-hybridized carbons (Fsp3) is 0.217. The van der Waals surface area contributed by atoms with Crippen LogP contribution in [0.25, 0.3) is 0 Å². The Bertz CT molecular complexity index is 834. The van der Waals surface area contributed by atoms with Gasteiger partial charge in [-0.2, -0.15) is 0 Å². The molecule has 138 valence electrons. The molecule has 27 heavy (non-hydrogen) atoms. The Morgan fingerprint density at radius 3 is 1.70 bits per heavy atom. The molecule has 1 aliphatic rings. The van der Waals surface area contributed by atoms with Crippen molar-refractivity contribution in [1.29, 1.82) is 0 Å². The lowest BCUT2D eigenvalue weighted by Crippen LogP contribution is -3.22. The number of benzene rings is 3. The van der Waals surface area contributed by atoms with Crippen LogP contribution in [-0.2, 0) is 13.1 Å². The molecule has 1 fully saturated rings. The highest BCUT2D eigenvalue weighted by atomic mass is 35.5. The van der Waals surface area contributed by atoms with E-state index in [1.54, 1.807) is 0 Å². The molecule has 2 nitrogen and oxygen atoms in total. The summed E-state index contributed by atoms with van der Waals surface area (Å²) < 4.78 is 0. The summed E-state index contributed by atoms with van der Waals surface area (Å²) in [5.41, 5.74) is 3.87. The average Bonchev–Trinajstić information content (AvgIpc) is 3.07. The first kappa shape index (κ1) is 18.5. The normalized spacial score (nSPS) is 22.1. The quantitative estimate of drug-likeness (QED) is 0.652. The Hall–Kier alpha value is -1.84. The van der Waals surface area contributed by atoms with Crippen LogP contribution in [0.2, 0.25) is 10.0 Å². The van der Waals surface area contributed by atoms with Crippen LogP contribution in [0.5, 0.6) is 0 Å². The second-order valence-electron chi connectivity index (χ2n) is 7.22. The van der Waals surface area contributed by atoms with Crippen molar-refractivity contribution in [3.8, 4) is 0 Å². The van der Waals surface area contributed by atoms with E-state index < -0.39 is 0 Å². The molecule has 0 aliphatic carbocycles. The van der Waals surface area contributed by atoms with Gasteiger partial charge in [-0.25, -0.2) is 0 Å². The Balaban J connectivity index is 1.66. The van der Waals surface area contributed by atoms with E-state index in [4.69, 9.17) is 23.2 Å². The van der Waals surface area contributed by atoms with Gasteiger partial charge in [-0.3, -0.25) is 9.80 Å². The standard InChI is InChI=1S/C23H22Cl2N2/c24-21-13-7-12-20(22(21)25)23-26(16-18-8-3-1-4-9-18)14-15-27(23)17-19-10-5-2-6-11-19/h1-13,23H,14-17H2/p+2. The van der Waals surface area contributed by atoms with E-state index in [-0.39, 0.29) is 6.17 Å². The molecule has 4 rings (SSSR count). The summed E-state index contributed by atoms with van der Waals surface area (Å²) in [7, 11) is 0. The molecule has 3 aromatic rings. The fourth-order valence-corrected chi connectivity index (χ4v) is 4.60. The summed E-state index contributed by atoms with van der Waals surface area (Å²) in [5, 5.41) is 1.33. The van der Waals surface area contributed by atoms with Crippen molar-refractivity contribution in [3.63, 3.8) is 0 Å². The van der Waals surface area contributed by atoms with Gasteiger partial charge < -0.3 is 0 Å². The van der Waals surface area contributed by atoms with E-state index >= 15 is 0 Å². The van der Waals surface area contributed by atoms with Crippen LogP contribution in [0.4, 0.5) is 0 Å². The first-order valence-corrected chi connectivity index (χ1v) is 10.2. The van der Waals surface area contributed by atoms with E-state index in [0.717, 1.165) is 31.7 Å². The predicted molar refractivity (Wildman–Crippen MR) is 111 cm³/mol. The highest BCUT2D eigenvalue weighted by molar-refractivity contribution is 6.42. The average molecular weight is 399 g/mol. The van der Waals surface area contributed by atoms with Gasteiger partial charge >= 0.3 is 0 Å². The van der Waals surface area contributed by atoms with Gasteiger partial charge in [0, 0.05) is 11.1 Å². The van der Waals surface area contributed by atoms with E-state index in [9.17, 15) is 0 Å². The highest BCUT2D eigenvalue weighted by Gasteiger charge is 2.42. The van der Waals surface area contributed by atoms with Crippen LogP contribution in [-0.4, -0.2) is 13.1 Å². The molecule has 2 N–H and O–H groups in total. The van der Waals surface area contributed by atoms with Crippen molar-refractivity contribution in [3.05, 3.63) is 106 Å². The van der Waals surface area contributed by atoms with Gasteiger partial charge in [0.05, 0.1) is 15.6 Å². The monoisotopic (exact) mass is 398 g/mol. The lowest BCUT2D eigenvalue weighted by atomic mass is 10.1. The Morgan fingerprint density at radius 1 is 0.667 bits per heavy atom. The maximum Gasteiger partial charge on any atom is 0.242 e. The molecule has 4 heteroatoms. The van der Waals surface area contributed by atoms with Crippen LogP contribution < -0.4 is 9.80 Å². The Morgan fingerprint density at radius 2 is 1.19 bits per heavy atom. The molecule has 0 saturated carbocycles. The van der Waals surface area contributed by atoms with Crippen LogP contribution in [0.15, 0.2) is 78.9 Å². The van der Waals surface area contributed by atoms with Crippen molar-refractivity contribution in [1.82, 2.24) is 0 Å². The molecule has 1 heterocycles. The van der Waals surface area contributed by atoms with E-state index in [1.807, 2.05) is 12.1 Å². The number of quaternary nitrogens is 2. The fourth-order valence-electron chi connectivity index (χ4n) is 4.18. The topological polar surface area (TPSA) is 8.88 Å².